The Kier molecular flexibility index (Phi) is 7.94. The van der Waals surface area contributed by atoms with Crippen LogP contribution in [0, 0.1) is 0 Å². The van der Waals surface area contributed by atoms with E-state index in [1.165, 1.54) is 11.1 Å². The number of nitrogens with zero attached hydrogens (tertiary/aromatic N) is 2. The SMILES string of the molecule is CN=C(NCc1cccc(OC(C)C)c1)NC1CCN(Cc2ccccc2)CC1. The third kappa shape index (κ3) is 7.09. The summed E-state index contributed by atoms with van der Waals surface area (Å²) < 4.78 is 5.78. The van der Waals surface area contributed by atoms with Gasteiger partial charge in [-0.2, -0.15) is 0 Å². The molecule has 0 aromatic heterocycles. The largest absolute Gasteiger partial charge is 0.491 e. The summed E-state index contributed by atoms with van der Waals surface area (Å²) in [5, 5.41) is 7.02. The molecule has 0 aliphatic carbocycles. The molecule has 0 spiro atoms. The molecule has 0 radical (unpaired) electrons. The van der Waals surface area contributed by atoms with E-state index >= 15 is 0 Å². The predicted molar refractivity (Wildman–Crippen MR) is 120 cm³/mol. The molecular formula is C24H34N4O. The summed E-state index contributed by atoms with van der Waals surface area (Å²) in [7, 11) is 1.83. The van der Waals surface area contributed by atoms with Crippen molar-refractivity contribution in [3.05, 3.63) is 65.7 Å². The highest BCUT2D eigenvalue weighted by Gasteiger charge is 2.20. The van der Waals surface area contributed by atoms with E-state index in [1.54, 1.807) is 0 Å². The number of rotatable bonds is 7. The number of ether oxygens (including phenoxy) is 1. The van der Waals surface area contributed by atoms with Gasteiger partial charge in [-0.05, 0) is 49.9 Å². The minimum absolute atomic E-state index is 0.181. The van der Waals surface area contributed by atoms with Crippen molar-refractivity contribution in [2.24, 2.45) is 4.99 Å². The van der Waals surface area contributed by atoms with Crippen molar-refractivity contribution >= 4 is 5.96 Å². The van der Waals surface area contributed by atoms with E-state index in [1.807, 2.05) is 33.0 Å². The summed E-state index contributed by atoms with van der Waals surface area (Å²) in [5.41, 5.74) is 2.57. The van der Waals surface area contributed by atoms with Crippen LogP contribution < -0.4 is 15.4 Å². The molecule has 0 atom stereocenters. The Morgan fingerprint density at radius 3 is 2.48 bits per heavy atom. The molecule has 0 unspecified atom stereocenters. The van der Waals surface area contributed by atoms with Crippen LogP contribution in [0.2, 0.25) is 0 Å². The number of likely N-dealkylation sites (tertiary alicyclic amines) is 1. The van der Waals surface area contributed by atoms with E-state index in [0.717, 1.165) is 50.7 Å². The van der Waals surface area contributed by atoms with Crippen LogP contribution in [-0.2, 0) is 13.1 Å². The molecule has 156 valence electrons. The van der Waals surface area contributed by atoms with Gasteiger partial charge >= 0.3 is 0 Å². The fraction of sp³-hybridized carbons (Fsp3) is 0.458. The Morgan fingerprint density at radius 2 is 1.79 bits per heavy atom. The van der Waals surface area contributed by atoms with E-state index < -0.39 is 0 Å². The molecule has 0 amide bonds. The van der Waals surface area contributed by atoms with Crippen molar-refractivity contribution in [2.75, 3.05) is 20.1 Å². The summed E-state index contributed by atoms with van der Waals surface area (Å²) >= 11 is 0. The average molecular weight is 395 g/mol. The quantitative estimate of drug-likeness (QED) is 0.554. The minimum atomic E-state index is 0.181. The lowest BCUT2D eigenvalue weighted by molar-refractivity contribution is 0.198. The Hall–Kier alpha value is -2.53. The Morgan fingerprint density at radius 1 is 1.07 bits per heavy atom. The molecule has 2 aromatic rings. The Bertz CT molecular complexity index is 767. The maximum absolute atomic E-state index is 5.78. The van der Waals surface area contributed by atoms with Crippen molar-refractivity contribution < 1.29 is 4.74 Å². The summed E-state index contributed by atoms with van der Waals surface area (Å²) in [5.74, 6) is 1.77. The molecule has 1 aliphatic heterocycles. The second-order valence-electron chi connectivity index (χ2n) is 7.92. The van der Waals surface area contributed by atoms with Gasteiger partial charge in [0.2, 0.25) is 0 Å². The van der Waals surface area contributed by atoms with Crippen molar-refractivity contribution in [1.29, 1.82) is 0 Å². The van der Waals surface area contributed by atoms with Crippen LogP contribution >= 0.6 is 0 Å². The van der Waals surface area contributed by atoms with Gasteiger partial charge in [0.25, 0.3) is 0 Å². The van der Waals surface area contributed by atoms with Crippen molar-refractivity contribution in [1.82, 2.24) is 15.5 Å². The first kappa shape index (κ1) is 21.2. The third-order valence-electron chi connectivity index (χ3n) is 5.13. The van der Waals surface area contributed by atoms with Crippen LogP contribution in [0.15, 0.2) is 59.6 Å². The highest BCUT2D eigenvalue weighted by Crippen LogP contribution is 2.16. The standard InChI is InChI=1S/C24H34N4O/c1-19(2)29-23-11-7-10-21(16-23)17-26-24(25-3)27-22-12-14-28(15-13-22)18-20-8-5-4-6-9-20/h4-11,16,19,22H,12-15,17-18H2,1-3H3,(H2,25,26,27). The smallest absolute Gasteiger partial charge is 0.191 e. The fourth-order valence-electron chi connectivity index (χ4n) is 3.65. The van der Waals surface area contributed by atoms with Gasteiger partial charge in [-0.15, -0.1) is 0 Å². The van der Waals surface area contributed by atoms with Crippen LogP contribution in [0.25, 0.3) is 0 Å². The number of nitrogens with one attached hydrogen (secondary N) is 2. The van der Waals surface area contributed by atoms with Gasteiger partial charge in [-0.3, -0.25) is 9.89 Å². The van der Waals surface area contributed by atoms with Gasteiger partial charge in [0.1, 0.15) is 5.75 Å². The van der Waals surface area contributed by atoms with Crippen LogP contribution in [-0.4, -0.2) is 43.1 Å². The zero-order valence-electron chi connectivity index (χ0n) is 17.9. The van der Waals surface area contributed by atoms with Gasteiger partial charge in [0.05, 0.1) is 6.10 Å². The van der Waals surface area contributed by atoms with Crippen LogP contribution in [0.1, 0.15) is 37.8 Å². The molecule has 1 heterocycles. The topological polar surface area (TPSA) is 48.9 Å². The van der Waals surface area contributed by atoms with Crippen LogP contribution in [0.3, 0.4) is 0 Å². The first-order chi connectivity index (χ1) is 14.1. The zero-order valence-corrected chi connectivity index (χ0v) is 17.9. The third-order valence-corrected chi connectivity index (χ3v) is 5.13. The van der Waals surface area contributed by atoms with E-state index in [0.29, 0.717) is 6.04 Å². The molecule has 3 rings (SSSR count). The molecule has 1 saturated heterocycles. The van der Waals surface area contributed by atoms with E-state index in [2.05, 4.69) is 63.0 Å². The van der Waals surface area contributed by atoms with E-state index in [9.17, 15) is 0 Å². The number of piperidine rings is 1. The zero-order chi connectivity index (χ0) is 20.5. The maximum Gasteiger partial charge on any atom is 0.191 e. The van der Waals surface area contributed by atoms with Gasteiger partial charge in [0, 0.05) is 39.3 Å². The Balaban J connectivity index is 1.43. The second-order valence-corrected chi connectivity index (χ2v) is 7.92. The number of guanidine groups is 1. The first-order valence-corrected chi connectivity index (χ1v) is 10.6. The molecule has 2 N–H and O–H groups in total. The number of hydrogen-bond acceptors (Lipinski definition) is 3. The van der Waals surface area contributed by atoms with Crippen LogP contribution in [0.5, 0.6) is 5.75 Å². The van der Waals surface area contributed by atoms with Crippen molar-refractivity contribution in [2.45, 2.75) is 51.9 Å². The van der Waals surface area contributed by atoms with Crippen LogP contribution in [0.4, 0.5) is 0 Å². The molecule has 5 heteroatoms. The molecule has 1 aliphatic rings. The van der Waals surface area contributed by atoms with E-state index in [-0.39, 0.29) is 6.10 Å². The molecule has 0 saturated carbocycles. The molecule has 5 nitrogen and oxygen atoms in total. The average Bonchev–Trinajstić information content (AvgIpc) is 2.73. The van der Waals surface area contributed by atoms with E-state index in [4.69, 9.17) is 4.74 Å². The first-order valence-electron chi connectivity index (χ1n) is 10.6. The number of hydrogen-bond donors (Lipinski definition) is 2. The summed E-state index contributed by atoms with van der Waals surface area (Å²) in [4.78, 5) is 6.94. The normalized spacial score (nSPS) is 16.1. The van der Waals surface area contributed by atoms with Gasteiger partial charge in [0.15, 0.2) is 5.96 Å². The number of aliphatic imine (C=N–C) groups is 1. The lowest BCUT2D eigenvalue weighted by Gasteiger charge is -2.33. The molecule has 29 heavy (non-hydrogen) atoms. The van der Waals surface area contributed by atoms with Crippen molar-refractivity contribution in [3.8, 4) is 5.75 Å². The molecular weight excluding hydrogens is 360 g/mol. The summed E-state index contributed by atoms with van der Waals surface area (Å²) in [6.45, 7) is 8.07. The lowest BCUT2D eigenvalue weighted by atomic mass is 10.0. The number of benzene rings is 2. The monoisotopic (exact) mass is 394 g/mol. The van der Waals surface area contributed by atoms with Gasteiger partial charge in [-0.1, -0.05) is 42.5 Å². The Labute approximate surface area is 175 Å². The van der Waals surface area contributed by atoms with Gasteiger partial charge in [-0.25, -0.2) is 0 Å². The van der Waals surface area contributed by atoms with Gasteiger partial charge < -0.3 is 15.4 Å². The summed E-state index contributed by atoms with van der Waals surface area (Å²) in [6, 6.07) is 19.4. The predicted octanol–water partition coefficient (Wildman–Crippen LogP) is 3.80. The lowest BCUT2D eigenvalue weighted by Crippen LogP contribution is -2.48. The minimum Gasteiger partial charge on any atom is -0.491 e. The second kappa shape index (κ2) is 10.9. The highest BCUT2D eigenvalue weighted by molar-refractivity contribution is 5.79. The molecule has 0 bridgehead atoms. The van der Waals surface area contributed by atoms with Crippen molar-refractivity contribution in [3.63, 3.8) is 0 Å². The summed E-state index contributed by atoms with van der Waals surface area (Å²) in [6.07, 6.45) is 2.44. The fourth-order valence-corrected chi connectivity index (χ4v) is 3.65. The maximum atomic E-state index is 5.78. The highest BCUT2D eigenvalue weighted by atomic mass is 16.5. The molecule has 1 fully saturated rings. The molecule has 2 aromatic carbocycles.